The molecule has 1 aliphatic rings. The average Bonchev–Trinajstić information content (AvgIpc) is 3.30. The van der Waals surface area contributed by atoms with E-state index in [1.54, 1.807) is 0 Å². The summed E-state index contributed by atoms with van der Waals surface area (Å²) < 4.78 is 16.8. The van der Waals surface area contributed by atoms with Crippen molar-refractivity contribution in [2.75, 3.05) is 39.5 Å². The Kier molecular flexibility index (Phi) is 14.7. The highest BCUT2D eigenvalue weighted by atomic mass is 16.5. The smallest absolute Gasteiger partial charge is 0.306 e. The van der Waals surface area contributed by atoms with Crippen LogP contribution in [-0.4, -0.2) is 61.5 Å². The number of esters is 1. The fourth-order valence-electron chi connectivity index (χ4n) is 3.67. The van der Waals surface area contributed by atoms with E-state index in [4.69, 9.17) is 14.2 Å². The van der Waals surface area contributed by atoms with Crippen LogP contribution < -0.4 is 4.74 Å². The van der Waals surface area contributed by atoms with E-state index in [1.165, 1.54) is 12.8 Å². The highest BCUT2D eigenvalue weighted by Gasteiger charge is 2.18. The van der Waals surface area contributed by atoms with Crippen LogP contribution in [0.4, 0.5) is 0 Å². The number of hydrogen-bond acceptors (Lipinski definition) is 6. The van der Waals surface area contributed by atoms with Crippen molar-refractivity contribution in [1.82, 2.24) is 4.90 Å². The van der Waals surface area contributed by atoms with E-state index >= 15 is 0 Å². The normalized spacial score (nSPS) is 15.8. The van der Waals surface area contributed by atoms with Crippen molar-refractivity contribution >= 4 is 12.0 Å². The van der Waals surface area contributed by atoms with Crippen LogP contribution in [0.15, 0.2) is 24.3 Å². The van der Waals surface area contributed by atoms with Gasteiger partial charge in [0, 0.05) is 18.5 Å². The van der Waals surface area contributed by atoms with Crippen LogP contribution in [0.25, 0.3) is 6.08 Å². The van der Waals surface area contributed by atoms with E-state index in [-0.39, 0.29) is 12.1 Å². The molecule has 0 amide bonds. The molecule has 32 heavy (non-hydrogen) atoms. The van der Waals surface area contributed by atoms with Gasteiger partial charge in [0.25, 0.3) is 0 Å². The summed E-state index contributed by atoms with van der Waals surface area (Å²) in [5.74, 6) is 0.597. The lowest BCUT2D eigenvalue weighted by molar-refractivity contribution is -0.142. The summed E-state index contributed by atoms with van der Waals surface area (Å²) >= 11 is 0. The molecule has 0 spiro atoms. The maximum atomic E-state index is 11.5. The summed E-state index contributed by atoms with van der Waals surface area (Å²) in [5.41, 5.74) is 1.95. The number of aliphatic hydroxyl groups excluding tert-OH is 1. The molecule has 1 N–H and O–H groups in total. The Morgan fingerprint density at radius 2 is 1.91 bits per heavy atom. The molecule has 0 aliphatic carbocycles. The number of carbonyl (C=O) groups is 1. The Balaban J connectivity index is 0.00000249. The van der Waals surface area contributed by atoms with Gasteiger partial charge in [-0.1, -0.05) is 38.1 Å². The molecule has 2 rings (SSSR count). The molecule has 1 aromatic rings. The molecule has 6 heteroatoms. The minimum atomic E-state index is -0.496. The fraction of sp³-hybridized carbons (Fsp3) is 0.654. The minimum absolute atomic E-state index is 0.191. The zero-order valence-electron chi connectivity index (χ0n) is 20.6. The number of ether oxygens (including phenoxy) is 3. The number of β-amino-alcohol motifs (C(OH)–C–C–N with tert-alkyl or cyclic N) is 1. The molecule has 1 heterocycles. The second-order valence-electron chi connectivity index (χ2n) is 7.58. The van der Waals surface area contributed by atoms with Crippen LogP contribution in [0.3, 0.4) is 0 Å². The summed E-state index contributed by atoms with van der Waals surface area (Å²) in [6, 6.07) is 5.91. The van der Waals surface area contributed by atoms with Crippen molar-refractivity contribution in [1.29, 1.82) is 0 Å². The predicted molar refractivity (Wildman–Crippen MR) is 130 cm³/mol. The Hall–Kier alpha value is -1.89. The number of nitrogens with zero attached hydrogens (tertiary/aromatic N) is 1. The summed E-state index contributed by atoms with van der Waals surface area (Å²) in [4.78, 5) is 13.8. The third-order valence-corrected chi connectivity index (χ3v) is 5.15. The van der Waals surface area contributed by atoms with E-state index in [9.17, 15) is 9.90 Å². The van der Waals surface area contributed by atoms with E-state index in [0.717, 1.165) is 30.0 Å². The second-order valence-corrected chi connectivity index (χ2v) is 7.58. The molecule has 0 aromatic heterocycles. The van der Waals surface area contributed by atoms with Gasteiger partial charge in [-0.25, -0.2) is 0 Å². The van der Waals surface area contributed by atoms with Crippen molar-refractivity contribution in [2.45, 2.75) is 72.5 Å². The first-order valence-corrected chi connectivity index (χ1v) is 12.1. The quantitative estimate of drug-likeness (QED) is 0.427. The van der Waals surface area contributed by atoms with Gasteiger partial charge in [-0.3, -0.25) is 4.79 Å². The maximum Gasteiger partial charge on any atom is 0.306 e. The third-order valence-electron chi connectivity index (χ3n) is 5.15. The Morgan fingerprint density at radius 1 is 1.19 bits per heavy atom. The van der Waals surface area contributed by atoms with Crippen LogP contribution in [-0.2, 0) is 14.3 Å². The van der Waals surface area contributed by atoms with E-state index < -0.39 is 6.10 Å². The number of likely N-dealkylation sites (tertiary alicyclic amines) is 1. The SMILES string of the molecule is CC.CCOC(=O)CC/C=C/c1c(OCC)cccc1C(C)OCC(O)CN1CCCC1. The molecule has 0 saturated carbocycles. The van der Waals surface area contributed by atoms with Crippen LogP contribution in [0.5, 0.6) is 5.75 Å². The number of aliphatic hydroxyl groups is 1. The monoisotopic (exact) mass is 449 g/mol. The van der Waals surface area contributed by atoms with Crippen molar-refractivity contribution in [3.8, 4) is 5.75 Å². The van der Waals surface area contributed by atoms with Gasteiger partial charge >= 0.3 is 5.97 Å². The predicted octanol–water partition coefficient (Wildman–Crippen LogP) is 5.00. The standard InChI is InChI=1S/C24H37NO5.C2H6/c1-4-28-23-13-10-12-21(22(23)11-6-7-14-24(27)29-5-2)19(3)30-18-20(26)17-25-15-8-9-16-25;1-2/h6,10-13,19-20,26H,4-5,7-9,14-18H2,1-3H3;1-2H3/b11-6+;. The van der Waals surface area contributed by atoms with Gasteiger partial charge in [-0.2, -0.15) is 0 Å². The largest absolute Gasteiger partial charge is 0.493 e. The Labute approximate surface area is 194 Å². The second kappa shape index (κ2) is 16.7. The first-order chi connectivity index (χ1) is 15.5. The van der Waals surface area contributed by atoms with Gasteiger partial charge in [-0.05, 0) is 64.8 Å². The molecule has 6 nitrogen and oxygen atoms in total. The van der Waals surface area contributed by atoms with Crippen LogP contribution in [0, 0.1) is 0 Å². The molecule has 2 unspecified atom stereocenters. The molecule has 1 aliphatic heterocycles. The van der Waals surface area contributed by atoms with E-state index in [0.29, 0.717) is 39.2 Å². The molecule has 0 bridgehead atoms. The Bertz CT molecular complexity index is 670. The lowest BCUT2D eigenvalue weighted by Crippen LogP contribution is -2.33. The van der Waals surface area contributed by atoms with Crippen molar-refractivity contribution in [3.63, 3.8) is 0 Å². The fourth-order valence-corrected chi connectivity index (χ4v) is 3.67. The topological polar surface area (TPSA) is 68.2 Å². The number of carbonyl (C=O) groups excluding carboxylic acids is 1. The van der Waals surface area contributed by atoms with Gasteiger partial charge in [-0.15, -0.1) is 0 Å². The number of rotatable bonds is 13. The lowest BCUT2D eigenvalue weighted by atomic mass is 10.0. The zero-order chi connectivity index (χ0) is 23.8. The summed E-state index contributed by atoms with van der Waals surface area (Å²) in [5, 5.41) is 10.3. The first kappa shape index (κ1) is 28.1. The average molecular weight is 450 g/mol. The van der Waals surface area contributed by atoms with Gasteiger partial charge in [0.15, 0.2) is 0 Å². The van der Waals surface area contributed by atoms with Crippen molar-refractivity contribution in [2.24, 2.45) is 0 Å². The summed E-state index contributed by atoms with van der Waals surface area (Å²) in [7, 11) is 0. The minimum Gasteiger partial charge on any atom is -0.493 e. The maximum absolute atomic E-state index is 11.5. The molecular formula is C26H43NO5. The lowest BCUT2D eigenvalue weighted by Gasteiger charge is -2.22. The molecule has 1 fully saturated rings. The summed E-state index contributed by atoms with van der Waals surface area (Å²) in [6.45, 7) is 13.8. The molecule has 0 radical (unpaired) electrons. The highest BCUT2D eigenvalue weighted by molar-refractivity contribution is 5.70. The molecule has 1 aromatic carbocycles. The van der Waals surface area contributed by atoms with Crippen molar-refractivity contribution in [3.05, 3.63) is 35.4 Å². The molecule has 1 saturated heterocycles. The number of hydrogen-bond donors (Lipinski definition) is 1. The van der Waals surface area contributed by atoms with Crippen LogP contribution in [0.1, 0.15) is 77.5 Å². The zero-order valence-corrected chi connectivity index (χ0v) is 20.6. The first-order valence-electron chi connectivity index (χ1n) is 12.1. The molecule has 182 valence electrons. The van der Waals surface area contributed by atoms with Crippen LogP contribution >= 0.6 is 0 Å². The van der Waals surface area contributed by atoms with Crippen molar-refractivity contribution < 1.29 is 24.1 Å². The molecule has 2 atom stereocenters. The van der Waals surface area contributed by atoms with Crippen LogP contribution in [0.2, 0.25) is 0 Å². The number of benzene rings is 1. The summed E-state index contributed by atoms with van der Waals surface area (Å²) in [6.07, 6.45) is 6.63. The van der Waals surface area contributed by atoms with Gasteiger partial charge in [0.1, 0.15) is 5.75 Å². The highest BCUT2D eigenvalue weighted by Crippen LogP contribution is 2.30. The van der Waals surface area contributed by atoms with E-state index in [1.807, 2.05) is 65.0 Å². The Morgan fingerprint density at radius 3 is 2.56 bits per heavy atom. The molecular weight excluding hydrogens is 406 g/mol. The third kappa shape index (κ3) is 10.2. The van der Waals surface area contributed by atoms with Gasteiger partial charge in [0.2, 0.25) is 0 Å². The van der Waals surface area contributed by atoms with Gasteiger partial charge < -0.3 is 24.2 Å². The van der Waals surface area contributed by atoms with E-state index in [2.05, 4.69) is 4.90 Å². The number of allylic oxidation sites excluding steroid dienone is 1. The van der Waals surface area contributed by atoms with Gasteiger partial charge in [0.05, 0.1) is 32.0 Å².